The van der Waals surface area contributed by atoms with Gasteiger partial charge in [0.25, 0.3) is 5.91 Å². The molecular weight excluding hydrogens is 650 g/mol. The Balaban J connectivity index is 1.66. The molecule has 7 atom stereocenters. The van der Waals surface area contributed by atoms with Crippen molar-refractivity contribution in [3.63, 3.8) is 0 Å². The fourth-order valence-corrected chi connectivity index (χ4v) is 11.5. The van der Waals surface area contributed by atoms with Crippen LogP contribution in [0.25, 0.3) is 0 Å². The van der Waals surface area contributed by atoms with Gasteiger partial charge >= 0.3 is 0 Å². The lowest BCUT2D eigenvalue weighted by molar-refractivity contribution is -0.145. The monoisotopic (exact) mass is 693 g/mol. The SMILES string of the molecule is C=CCN(CCC)C(=O)[C@H]1[C@H]2C(=O)N([C@@H](CO)Cc3ccccc3)C(C(=O)N(CC=C)c3c(C)cccc3C)C23CC(Br)[C@@H]1S3. The molecule has 2 bridgehead atoms. The Morgan fingerprint density at radius 3 is 2.36 bits per heavy atom. The Kier molecular flexibility index (Phi) is 10.3. The van der Waals surface area contributed by atoms with E-state index in [0.29, 0.717) is 25.9 Å². The van der Waals surface area contributed by atoms with Gasteiger partial charge in [0.05, 0.1) is 29.2 Å². The van der Waals surface area contributed by atoms with E-state index >= 15 is 4.79 Å². The molecule has 3 saturated heterocycles. The molecule has 3 heterocycles. The molecule has 2 aromatic rings. The lowest BCUT2D eigenvalue weighted by Crippen LogP contribution is -2.58. The Bertz CT molecular complexity index is 1430. The van der Waals surface area contributed by atoms with Crippen LogP contribution in [0.15, 0.2) is 73.8 Å². The first-order chi connectivity index (χ1) is 21.6. The Hall–Kier alpha value is -2.88. The van der Waals surface area contributed by atoms with Crippen molar-refractivity contribution in [2.45, 2.75) is 66.9 Å². The number of aryl methyl sites for hydroxylation is 2. The van der Waals surface area contributed by atoms with E-state index < -0.39 is 28.7 Å². The van der Waals surface area contributed by atoms with Crippen molar-refractivity contribution in [3.05, 3.63) is 90.5 Å². The van der Waals surface area contributed by atoms with Crippen LogP contribution < -0.4 is 4.90 Å². The summed E-state index contributed by atoms with van der Waals surface area (Å²) in [6.45, 7) is 14.8. The molecule has 3 fully saturated rings. The second-order valence-electron chi connectivity index (χ2n) is 12.5. The summed E-state index contributed by atoms with van der Waals surface area (Å²) in [6.07, 6.45) is 5.19. The van der Waals surface area contributed by atoms with Gasteiger partial charge in [-0.3, -0.25) is 14.4 Å². The number of anilines is 1. The van der Waals surface area contributed by atoms with Gasteiger partial charge in [-0.15, -0.1) is 24.9 Å². The fourth-order valence-electron chi connectivity index (χ4n) is 7.89. The van der Waals surface area contributed by atoms with E-state index in [9.17, 15) is 14.7 Å². The van der Waals surface area contributed by atoms with Crippen LogP contribution in [-0.4, -0.2) is 85.8 Å². The van der Waals surface area contributed by atoms with Gasteiger partial charge in [-0.05, 0) is 49.8 Å². The number of amides is 3. The zero-order chi connectivity index (χ0) is 32.5. The minimum Gasteiger partial charge on any atom is -0.394 e. The highest BCUT2D eigenvalue weighted by atomic mass is 79.9. The van der Waals surface area contributed by atoms with Crippen LogP contribution in [0.3, 0.4) is 0 Å². The number of likely N-dealkylation sites (tertiary alicyclic amines) is 1. The maximum atomic E-state index is 15.2. The molecule has 7 nitrogen and oxygen atoms in total. The van der Waals surface area contributed by atoms with E-state index in [1.54, 1.807) is 38.6 Å². The smallest absolute Gasteiger partial charge is 0.251 e. The first-order valence-corrected chi connectivity index (χ1v) is 17.6. The van der Waals surface area contributed by atoms with Crippen molar-refractivity contribution >= 4 is 51.1 Å². The summed E-state index contributed by atoms with van der Waals surface area (Å²) in [5.41, 5.74) is 3.67. The molecule has 1 spiro atoms. The number of nitrogens with zero attached hydrogens (tertiary/aromatic N) is 3. The number of aliphatic hydroxyl groups is 1. The predicted molar refractivity (Wildman–Crippen MR) is 186 cm³/mol. The number of para-hydroxylation sites is 1. The van der Waals surface area contributed by atoms with E-state index in [4.69, 9.17) is 0 Å². The Labute approximate surface area is 279 Å². The Morgan fingerprint density at radius 1 is 1.09 bits per heavy atom. The fraction of sp³-hybridized carbons (Fsp3) is 0.472. The third-order valence-electron chi connectivity index (χ3n) is 9.61. The average Bonchev–Trinajstić information content (AvgIpc) is 3.62. The summed E-state index contributed by atoms with van der Waals surface area (Å²) in [7, 11) is 0. The number of carbonyl (C=O) groups excluding carboxylic acids is 3. The molecule has 0 aliphatic carbocycles. The molecule has 0 saturated carbocycles. The molecular formula is C36H44BrN3O4S. The number of hydrogen-bond acceptors (Lipinski definition) is 5. The van der Waals surface area contributed by atoms with Gasteiger partial charge < -0.3 is 19.8 Å². The predicted octanol–water partition coefficient (Wildman–Crippen LogP) is 5.32. The van der Waals surface area contributed by atoms with Crippen LogP contribution in [0.4, 0.5) is 5.69 Å². The molecule has 240 valence electrons. The molecule has 3 amide bonds. The van der Waals surface area contributed by atoms with Gasteiger partial charge in [-0.25, -0.2) is 0 Å². The summed E-state index contributed by atoms with van der Waals surface area (Å²) < 4.78 is -0.834. The summed E-state index contributed by atoms with van der Waals surface area (Å²) in [4.78, 5) is 49.6. The topological polar surface area (TPSA) is 81.2 Å². The highest BCUT2D eigenvalue weighted by molar-refractivity contribution is 9.09. The number of aliphatic hydroxyl groups excluding tert-OH is 1. The van der Waals surface area contributed by atoms with Gasteiger partial charge in [0.2, 0.25) is 11.8 Å². The minimum absolute atomic E-state index is 0.0438. The van der Waals surface area contributed by atoms with Gasteiger partial charge in [0.1, 0.15) is 6.04 Å². The second-order valence-corrected chi connectivity index (χ2v) is 15.2. The van der Waals surface area contributed by atoms with Crippen LogP contribution >= 0.6 is 27.7 Å². The first-order valence-electron chi connectivity index (χ1n) is 15.8. The van der Waals surface area contributed by atoms with Gasteiger partial charge in [0, 0.05) is 35.4 Å². The third-order valence-corrected chi connectivity index (χ3v) is 12.8. The molecule has 3 aliphatic heterocycles. The zero-order valence-corrected chi connectivity index (χ0v) is 28.8. The first kappa shape index (κ1) is 33.5. The number of thioether (sulfide) groups is 1. The van der Waals surface area contributed by atoms with E-state index in [-0.39, 0.29) is 41.0 Å². The number of carbonyl (C=O) groups is 3. The lowest BCUT2D eigenvalue weighted by atomic mass is 9.70. The van der Waals surface area contributed by atoms with E-state index in [0.717, 1.165) is 28.8 Å². The maximum absolute atomic E-state index is 15.2. The average molecular weight is 695 g/mol. The molecule has 2 aromatic carbocycles. The maximum Gasteiger partial charge on any atom is 0.251 e. The van der Waals surface area contributed by atoms with Crippen LogP contribution in [0, 0.1) is 25.7 Å². The number of hydrogen-bond donors (Lipinski definition) is 1. The number of halogens is 1. The molecule has 45 heavy (non-hydrogen) atoms. The van der Waals surface area contributed by atoms with Crippen LogP contribution in [0.1, 0.15) is 36.5 Å². The molecule has 1 N–H and O–H groups in total. The van der Waals surface area contributed by atoms with Gasteiger partial charge in [0.15, 0.2) is 0 Å². The van der Waals surface area contributed by atoms with Crippen molar-refractivity contribution in [2.75, 3.05) is 31.1 Å². The standard InChI is InChI=1S/C36H44BrN3O4S/c1-6-17-38(18-7-2)33(42)28-29-34(43)40(26(22-41)20-25-15-10-9-11-16-25)32(36(29)21-27(37)31(28)45-36)35(44)39(19-8-3)30-23(4)13-12-14-24(30)5/h6,8-16,26-29,31-32,41H,1,3,7,17-22H2,2,4-5H3/t26-,27?,28+,29+,31+,32?,36?/m1/s1. The number of fused-ring (bicyclic) bond motifs is 1. The van der Waals surface area contributed by atoms with Crippen molar-refractivity contribution in [3.8, 4) is 0 Å². The number of benzene rings is 2. The van der Waals surface area contributed by atoms with Crippen LogP contribution in [-0.2, 0) is 20.8 Å². The van der Waals surface area contributed by atoms with E-state index in [2.05, 4.69) is 29.1 Å². The van der Waals surface area contributed by atoms with E-state index in [1.165, 1.54) is 0 Å². The molecule has 3 unspecified atom stereocenters. The van der Waals surface area contributed by atoms with Crippen molar-refractivity contribution in [1.82, 2.24) is 9.80 Å². The molecule has 0 aromatic heterocycles. The largest absolute Gasteiger partial charge is 0.394 e. The van der Waals surface area contributed by atoms with Gasteiger partial charge in [-0.2, -0.15) is 0 Å². The lowest BCUT2D eigenvalue weighted by Gasteiger charge is -2.40. The Morgan fingerprint density at radius 2 is 1.76 bits per heavy atom. The van der Waals surface area contributed by atoms with Crippen molar-refractivity contribution in [1.29, 1.82) is 0 Å². The normalized spacial score (nSPS) is 27.3. The molecule has 9 heteroatoms. The third kappa shape index (κ3) is 5.80. The van der Waals surface area contributed by atoms with Crippen LogP contribution in [0.5, 0.6) is 0 Å². The summed E-state index contributed by atoms with van der Waals surface area (Å²) >= 11 is 5.52. The number of rotatable bonds is 13. The molecule has 3 aliphatic rings. The van der Waals surface area contributed by atoms with E-state index in [1.807, 2.05) is 69.3 Å². The zero-order valence-electron chi connectivity index (χ0n) is 26.4. The molecule has 5 rings (SSSR count). The summed E-state index contributed by atoms with van der Waals surface area (Å²) in [5, 5.41) is 10.7. The van der Waals surface area contributed by atoms with Gasteiger partial charge in [-0.1, -0.05) is 83.5 Å². The summed E-state index contributed by atoms with van der Waals surface area (Å²) in [5.74, 6) is -1.75. The minimum atomic E-state index is -0.873. The summed E-state index contributed by atoms with van der Waals surface area (Å²) in [6, 6.07) is 14.2. The molecule has 0 radical (unpaired) electrons. The van der Waals surface area contributed by atoms with Crippen molar-refractivity contribution < 1.29 is 19.5 Å². The quantitative estimate of drug-likeness (QED) is 0.227. The van der Waals surface area contributed by atoms with Crippen molar-refractivity contribution in [2.24, 2.45) is 11.8 Å². The number of alkyl halides is 1. The van der Waals surface area contributed by atoms with Crippen LogP contribution in [0.2, 0.25) is 0 Å². The highest BCUT2D eigenvalue weighted by Crippen LogP contribution is 2.68. The second kappa shape index (κ2) is 13.9. The highest BCUT2D eigenvalue weighted by Gasteiger charge is 2.76.